The molecule has 96 valence electrons. The molecule has 0 bridgehead atoms. The van der Waals surface area contributed by atoms with Crippen molar-refractivity contribution in [2.75, 3.05) is 13.1 Å². The lowest BCUT2D eigenvalue weighted by atomic mass is 10.1. The molecule has 0 radical (unpaired) electrons. The number of nitrogens with one attached hydrogen (secondary N) is 1. The van der Waals surface area contributed by atoms with E-state index in [0.29, 0.717) is 0 Å². The first-order valence-corrected chi connectivity index (χ1v) is 7.28. The van der Waals surface area contributed by atoms with Crippen molar-refractivity contribution in [3.63, 3.8) is 0 Å². The fraction of sp³-hybridized carbons (Fsp3) is 0.625. The Morgan fingerprint density at radius 2 is 1.47 bits per heavy atom. The zero-order chi connectivity index (χ0) is 12.3. The lowest BCUT2D eigenvalue weighted by Crippen LogP contribution is -3.06. The third kappa shape index (κ3) is 5.88. The first kappa shape index (κ1) is 14.2. The van der Waals surface area contributed by atoms with Crippen LogP contribution in [0.3, 0.4) is 0 Å². The van der Waals surface area contributed by atoms with Crippen LogP contribution in [0.2, 0.25) is 0 Å². The van der Waals surface area contributed by atoms with E-state index < -0.39 is 0 Å². The van der Waals surface area contributed by atoms with Gasteiger partial charge in [-0.25, -0.2) is 0 Å². The second kappa shape index (κ2) is 9.23. The molecule has 0 spiro atoms. The molecule has 1 aromatic rings. The van der Waals surface area contributed by atoms with Crippen LogP contribution in [0.5, 0.6) is 0 Å². The van der Waals surface area contributed by atoms with Crippen molar-refractivity contribution in [1.82, 2.24) is 0 Å². The van der Waals surface area contributed by atoms with E-state index in [1.807, 2.05) is 0 Å². The van der Waals surface area contributed by atoms with Crippen LogP contribution in [0.1, 0.15) is 52.4 Å². The van der Waals surface area contributed by atoms with Crippen molar-refractivity contribution >= 4 is 5.69 Å². The van der Waals surface area contributed by atoms with Gasteiger partial charge in [0.25, 0.3) is 0 Å². The standard InChI is InChI=1S/C16H27N/c1-3-5-6-7-8-12-15-17(4-2)16-13-10-9-11-14-16/h9-11,13-14H,3-8,12,15H2,1-2H3/p+1. The molecule has 0 saturated heterocycles. The highest BCUT2D eigenvalue weighted by molar-refractivity contribution is 5.27. The Bertz CT molecular complexity index is 268. The topological polar surface area (TPSA) is 4.44 Å². The zero-order valence-electron chi connectivity index (χ0n) is 11.5. The molecular formula is C16H28N+. The smallest absolute Gasteiger partial charge is 0.131 e. The Kier molecular flexibility index (Phi) is 7.74. The highest BCUT2D eigenvalue weighted by Gasteiger charge is 2.07. The van der Waals surface area contributed by atoms with Gasteiger partial charge >= 0.3 is 0 Å². The van der Waals surface area contributed by atoms with Crippen molar-refractivity contribution in [3.8, 4) is 0 Å². The maximum absolute atomic E-state index is 2.28. The lowest BCUT2D eigenvalue weighted by Gasteiger charge is -2.16. The molecule has 1 N–H and O–H groups in total. The van der Waals surface area contributed by atoms with Gasteiger partial charge in [-0.3, -0.25) is 0 Å². The lowest BCUT2D eigenvalue weighted by molar-refractivity contribution is -0.831. The summed E-state index contributed by atoms with van der Waals surface area (Å²) in [6.07, 6.45) is 8.35. The van der Waals surface area contributed by atoms with Crippen molar-refractivity contribution in [1.29, 1.82) is 0 Å². The number of quaternary nitrogens is 1. The third-order valence-electron chi connectivity index (χ3n) is 3.44. The average Bonchev–Trinajstić information content (AvgIpc) is 2.39. The average molecular weight is 234 g/mol. The number of unbranched alkanes of at least 4 members (excludes halogenated alkanes) is 5. The molecule has 1 atom stereocenters. The third-order valence-corrected chi connectivity index (χ3v) is 3.44. The van der Waals surface area contributed by atoms with Crippen LogP contribution in [-0.2, 0) is 0 Å². The molecule has 0 aromatic heterocycles. The summed E-state index contributed by atoms with van der Waals surface area (Å²) >= 11 is 0. The summed E-state index contributed by atoms with van der Waals surface area (Å²) in [5.41, 5.74) is 1.45. The molecule has 1 unspecified atom stereocenters. The summed E-state index contributed by atoms with van der Waals surface area (Å²) in [6, 6.07) is 10.9. The van der Waals surface area contributed by atoms with Crippen LogP contribution >= 0.6 is 0 Å². The molecule has 0 aliphatic rings. The molecule has 1 aromatic carbocycles. The number of para-hydroxylation sites is 1. The maximum atomic E-state index is 2.28. The SMILES string of the molecule is CCCCCCCC[NH+](CC)c1ccccc1. The van der Waals surface area contributed by atoms with E-state index in [4.69, 9.17) is 0 Å². The van der Waals surface area contributed by atoms with Crippen molar-refractivity contribution in [3.05, 3.63) is 30.3 Å². The van der Waals surface area contributed by atoms with Gasteiger partial charge < -0.3 is 4.90 Å². The van der Waals surface area contributed by atoms with Crippen molar-refractivity contribution in [2.45, 2.75) is 52.4 Å². The molecule has 17 heavy (non-hydrogen) atoms. The van der Waals surface area contributed by atoms with Crippen LogP contribution < -0.4 is 4.90 Å². The maximum Gasteiger partial charge on any atom is 0.131 e. The van der Waals surface area contributed by atoms with E-state index in [2.05, 4.69) is 44.2 Å². The fourth-order valence-corrected chi connectivity index (χ4v) is 2.32. The monoisotopic (exact) mass is 234 g/mol. The van der Waals surface area contributed by atoms with Gasteiger partial charge in [-0.05, 0) is 31.9 Å². The van der Waals surface area contributed by atoms with Gasteiger partial charge in [0.2, 0.25) is 0 Å². The molecule has 1 nitrogen and oxygen atoms in total. The van der Waals surface area contributed by atoms with Gasteiger partial charge in [0.1, 0.15) is 5.69 Å². The summed E-state index contributed by atoms with van der Waals surface area (Å²) in [5, 5.41) is 0. The first-order chi connectivity index (χ1) is 8.38. The Morgan fingerprint density at radius 3 is 2.12 bits per heavy atom. The molecule has 0 saturated carbocycles. The number of benzene rings is 1. The van der Waals surface area contributed by atoms with Crippen molar-refractivity contribution < 1.29 is 4.90 Å². The van der Waals surface area contributed by atoms with Gasteiger partial charge in [-0.15, -0.1) is 0 Å². The molecule has 0 amide bonds. The Hall–Kier alpha value is -0.820. The zero-order valence-corrected chi connectivity index (χ0v) is 11.5. The van der Waals surface area contributed by atoms with Crippen molar-refractivity contribution in [2.24, 2.45) is 0 Å². The largest absolute Gasteiger partial charge is 0.303 e. The van der Waals surface area contributed by atoms with Gasteiger partial charge in [0.05, 0.1) is 13.1 Å². The normalized spacial score (nSPS) is 12.6. The minimum Gasteiger partial charge on any atom is -0.303 e. The summed E-state index contributed by atoms with van der Waals surface area (Å²) in [4.78, 5) is 1.63. The number of rotatable bonds is 9. The van der Waals surface area contributed by atoms with Crippen LogP contribution in [0.15, 0.2) is 30.3 Å². The summed E-state index contributed by atoms with van der Waals surface area (Å²) < 4.78 is 0. The molecule has 0 aliphatic carbocycles. The van der Waals surface area contributed by atoms with Crippen LogP contribution in [0, 0.1) is 0 Å². The molecular weight excluding hydrogens is 206 g/mol. The number of hydrogen-bond acceptors (Lipinski definition) is 0. The predicted octanol–water partition coefficient (Wildman–Crippen LogP) is 3.58. The minimum atomic E-state index is 1.19. The van der Waals surface area contributed by atoms with Gasteiger partial charge in [0.15, 0.2) is 0 Å². The summed E-state index contributed by atoms with van der Waals surface area (Å²) in [7, 11) is 0. The van der Waals surface area contributed by atoms with E-state index in [1.165, 1.54) is 57.3 Å². The van der Waals surface area contributed by atoms with Gasteiger partial charge in [-0.2, -0.15) is 0 Å². The molecule has 0 aliphatic heterocycles. The quantitative estimate of drug-likeness (QED) is 0.623. The van der Waals surface area contributed by atoms with E-state index in [0.717, 1.165) is 0 Å². The van der Waals surface area contributed by atoms with Gasteiger partial charge in [0, 0.05) is 0 Å². The second-order valence-corrected chi connectivity index (χ2v) is 4.84. The molecule has 1 heteroatoms. The Labute approximate surface area is 107 Å². The van der Waals surface area contributed by atoms with E-state index >= 15 is 0 Å². The Balaban J connectivity index is 2.20. The molecule has 1 rings (SSSR count). The predicted molar refractivity (Wildman–Crippen MR) is 75.8 cm³/mol. The minimum absolute atomic E-state index is 1.19. The number of hydrogen-bond donors (Lipinski definition) is 1. The van der Waals surface area contributed by atoms with E-state index in [1.54, 1.807) is 4.90 Å². The summed E-state index contributed by atoms with van der Waals surface area (Å²) in [5.74, 6) is 0. The Morgan fingerprint density at radius 1 is 0.824 bits per heavy atom. The second-order valence-electron chi connectivity index (χ2n) is 4.84. The van der Waals surface area contributed by atoms with Crippen LogP contribution in [0.4, 0.5) is 5.69 Å². The fourth-order valence-electron chi connectivity index (χ4n) is 2.32. The van der Waals surface area contributed by atoms with Gasteiger partial charge in [-0.1, -0.05) is 50.8 Å². The van der Waals surface area contributed by atoms with E-state index in [9.17, 15) is 0 Å². The first-order valence-electron chi connectivity index (χ1n) is 7.28. The van der Waals surface area contributed by atoms with E-state index in [-0.39, 0.29) is 0 Å². The highest BCUT2D eigenvalue weighted by atomic mass is 15.1. The molecule has 0 heterocycles. The van der Waals surface area contributed by atoms with Crippen LogP contribution in [0.25, 0.3) is 0 Å². The van der Waals surface area contributed by atoms with Crippen LogP contribution in [-0.4, -0.2) is 13.1 Å². The molecule has 0 fully saturated rings. The summed E-state index contributed by atoms with van der Waals surface area (Å²) in [6.45, 7) is 7.03. The highest BCUT2D eigenvalue weighted by Crippen LogP contribution is 2.04.